The van der Waals surface area contributed by atoms with E-state index in [2.05, 4.69) is 10.6 Å². The standard InChI is InChI=1S/C11H22N2O3/c1-5-11(3,4)13-10(16)12-7-8(2)6-9(14)15/h8H,5-7H2,1-4H3,(H,14,15)(H2,12,13,16). The molecule has 0 aliphatic rings. The molecule has 1 unspecified atom stereocenters. The van der Waals surface area contributed by atoms with E-state index >= 15 is 0 Å². The van der Waals surface area contributed by atoms with Crippen LogP contribution < -0.4 is 10.6 Å². The number of hydrogen-bond acceptors (Lipinski definition) is 2. The highest BCUT2D eigenvalue weighted by Gasteiger charge is 2.18. The molecule has 0 fully saturated rings. The summed E-state index contributed by atoms with van der Waals surface area (Å²) < 4.78 is 0. The predicted octanol–water partition coefficient (Wildman–Crippen LogP) is 1.58. The summed E-state index contributed by atoms with van der Waals surface area (Å²) in [7, 11) is 0. The average Bonchev–Trinajstić information content (AvgIpc) is 2.13. The van der Waals surface area contributed by atoms with Gasteiger partial charge in [0.05, 0.1) is 0 Å². The number of hydrogen-bond donors (Lipinski definition) is 3. The first-order valence-electron chi connectivity index (χ1n) is 5.54. The zero-order chi connectivity index (χ0) is 12.8. The molecule has 0 aliphatic carbocycles. The molecule has 0 radical (unpaired) electrons. The summed E-state index contributed by atoms with van der Waals surface area (Å²) >= 11 is 0. The Hall–Kier alpha value is -1.26. The van der Waals surface area contributed by atoms with Gasteiger partial charge in [0.15, 0.2) is 0 Å². The third-order valence-corrected chi connectivity index (χ3v) is 2.47. The number of urea groups is 1. The molecule has 3 N–H and O–H groups in total. The minimum Gasteiger partial charge on any atom is -0.481 e. The number of carbonyl (C=O) groups excluding carboxylic acids is 1. The lowest BCUT2D eigenvalue weighted by Crippen LogP contribution is -2.48. The summed E-state index contributed by atoms with van der Waals surface area (Å²) in [6.45, 7) is 8.03. The number of aliphatic carboxylic acids is 1. The smallest absolute Gasteiger partial charge is 0.315 e. The molecular weight excluding hydrogens is 208 g/mol. The molecule has 5 nitrogen and oxygen atoms in total. The van der Waals surface area contributed by atoms with Crippen molar-refractivity contribution in [3.05, 3.63) is 0 Å². The van der Waals surface area contributed by atoms with Crippen LogP contribution >= 0.6 is 0 Å². The molecule has 0 spiro atoms. The quantitative estimate of drug-likeness (QED) is 0.648. The normalized spacial score (nSPS) is 13.0. The number of nitrogens with one attached hydrogen (secondary N) is 2. The number of carbonyl (C=O) groups is 2. The molecule has 0 saturated heterocycles. The molecular formula is C11H22N2O3. The topological polar surface area (TPSA) is 78.4 Å². The van der Waals surface area contributed by atoms with Gasteiger partial charge in [0.2, 0.25) is 0 Å². The summed E-state index contributed by atoms with van der Waals surface area (Å²) in [5.41, 5.74) is -0.236. The third-order valence-electron chi connectivity index (χ3n) is 2.47. The molecule has 16 heavy (non-hydrogen) atoms. The van der Waals surface area contributed by atoms with Crippen LogP contribution in [0.2, 0.25) is 0 Å². The lowest BCUT2D eigenvalue weighted by atomic mass is 10.0. The van der Waals surface area contributed by atoms with Crippen molar-refractivity contribution in [1.82, 2.24) is 10.6 Å². The molecule has 2 amide bonds. The van der Waals surface area contributed by atoms with Crippen molar-refractivity contribution in [3.8, 4) is 0 Å². The lowest BCUT2D eigenvalue weighted by molar-refractivity contribution is -0.137. The second kappa shape index (κ2) is 6.35. The van der Waals surface area contributed by atoms with Gasteiger partial charge in [0.25, 0.3) is 0 Å². The molecule has 0 saturated carbocycles. The first kappa shape index (κ1) is 14.7. The second-order valence-electron chi connectivity index (χ2n) is 4.78. The van der Waals surface area contributed by atoms with Gasteiger partial charge in [0.1, 0.15) is 0 Å². The van der Waals surface area contributed by atoms with E-state index in [1.54, 1.807) is 6.92 Å². The SMILES string of the molecule is CCC(C)(C)NC(=O)NCC(C)CC(=O)O. The highest BCUT2D eigenvalue weighted by Crippen LogP contribution is 2.06. The van der Waals surface area contributed by atoms with Crippen molar-refractivity contribution in [2.75, 3.05) is 6.54 Å². The number of carboxylic acid groups (broad SMARTS) is 1. The molecule has 0 heterocycles. The first-order valence-corrected chi connectivity index (χ1v) is 5.54. The van der Waals surface area contributed by atoms with Crippen LogP contribution in [0, 0.1) is 5.92 Å². The van der Waals surface area contributed by atoms with Crippen molar-refractivity contribution >= 4 is 12.0 Å². The van der Waals surface area contributed by atoms with Crippen LogP contribution in [0.4, 0.5) is 4.79 Å². The summed E-state index contributed by atoms with van der Waals surface area (Å²) in [6.07, 6.45) is 0.905. The minimum atomic E-state index is -0.844. The highest BCUT2D eigenvalue weighted by molar-refractivity contribution is 5.74. The summed E-state index contributed by atoms with van der Waals surface area (Å²) in [6, 6.07) is -0.246. The van der Waals surface area contributed by atoms with Crippen molar-refractivity contribution in [3.63, 3.8) is 0 Å². The molecule has 0 aromatic heterocycles. The molecule has 0 aromatic rings. The fourth-order valence-corrected chi connectivity index (χ4v) is 1.08. The Morgan fingerprint density at radius 1 is 1.38 bits per heavy atom. The van der Waals surface area contributed by atoms with E-state index in [1.807, 2.05) is 20.8 Å². The Balaban J connectivity index is 3.86. The van der Waals surface area contributed by atoms with E-state index in [1.165, 1.54) is 0 Å². The Morgan fingerprint density at radius 2 is 1.94 bits per heavy atom. The van der Waals surface area contributed by atoms with Crippen molar-refractivity contribution in [2.45, 2.75) is 46.1 Å². The molecule has 0 aromatic carbocycles. The largest absolute Gasteiger partial charge is 0.481 e. The van der Waals surface area contributed by atoms with Gasteiger partial charge in [-0.3, -0.25) is 4.79 Å². The number of amides is 2. The van der Waals surface area contributed by atoms with E-state index in [4.69, 9.17) is 5.11 Å². The van der Waals surface area contributed by atoms with Crippen molar-refractivity contribution in [1.29, 1.82) is 0 Å². The maximum absolute atomic E-state index is 11.4. The van der Waals surface area contributed by atoms with Gasteiger partial charge >= 0.3 is 12.0 Å². The van der Waals surface area contributed by atoms with Gasteiger partial charge in [-0.1, -0.05) is 13.8 Å². The van der Waals surface area contributed by atoms with Crippen molar-refractivity contribution in [2.24, 2.45) is 5.92 Å². The van der Waals surface area contributed by atoms with Gasteiger partial charge in [-0.05, 0) is 26.2 Å². The zero-order valence-electron chi connectivity index (χ0n) is 10.5. The lowest BCUT2D eigenvalue weighted by Gasteiger charge is -2.25. The molecule has 0 aliphatic heterocycles. The zero-order valence-corrected chi connectivity index (χ0v) is 10.5. The minimum absolute atomic E-state index is 0.0620. The predicted molar refractivity (Wildman–Crippen MR) is 62.3 cm³/mol. The summed E-state index contributed by atoms with van der Waals surface area (Å²) in [5, 5.41) is 14.0. The third kappa shape index (κ3) is 7.09. The van der Waals surface area contributed by atoms with Gasteiger partial charge in [-0.2, -0.15) is 0 Å². The second-order valence-corrected chi connectivity index (χ2v) is 4.78. The average molecular weight is 230 g/mol. The van der Waals surface area contributed by atoms with Crippen LogP contribution in [0.1, 0.15) is 40.5 Å². The Bertz CT molecular complexity index is 252. The van der Waals surface area contributed by atoms with E-state index < -0.39 is 5.97 Å². The monoisotopic (exact) mass is 230 g/mol. The van der Waals surface area contributed by atoms with E-state index in [9.17, 15) is 9.59 Å². The van der Waals surface area contributed by atoms with Gasteiger partial charge in [-0.15, -0.1) is 0 Å². The van der Waals surface area contributed by atoms with Crippen molar-refractivity contribution < 1.29 is 14.7 Å². The fourth-order valence-electron chi connectivity index (χ4n) is 1.08. The summed E-state index contributed by atoms with van der Waals surface area (Å²) in [5.74, 6) is -0.906. The van der Waals surface area contributed by atoms with Crippen LogP contribution in [0.15, 0.2) is 0 Å². The Kier molecular flexibility index (Phi) is 5.85. The Labute approximate surface area is 96.6 Å². The van der Waals surface area contributed by atoms with Crippen LogP contribution in [0.3, 0.4) is 0 Å². The van der Waals surface area contributed by atoms with E-state index in [0.717, 1.165) is 6.42 Å². The Morgan fingerprint density at radius 3 is 2.38 bits per heavy atom. The van der Waals surface area contributed by atoms with Gasteiger partial charge < -0.3 is 15.7 Å². The van der Waals surface area contributed by atoms with Gasteiger partial charge in [0, 0.05) is 18.5 Å². The summed E-state index contributed by atoms with van der Waals surface area (Å²) in [4.78, 5) is 21.8. The maximum atomic E-state index is 11.4. The first-order chi connectivity index (χ1) is 7.26. The number of carboxylic acids is 1. The molecule has 1 atom stereocenters. The molecule has 94 valence electrons. The van der Waals surface area contributed by atoms with E-state index in [0.29, 0.717) is 6.54 Å². The molecule has 0 bridgehead atoms. The highest BCUT2D eigenvalue weighted by atomic mass is 16.4. The van der Waals surface area contributed by atoms with Crippen LogP contribution in [-0.2, 0) is 4.79 Å². The molecule has 5 heteroatoms. The van der Waals surface area contributed by atoms with Crippen LogP contribution in [-0.4, -0.2) is 29.2 Å². The maximum Gasteiger partial charge on any atom is 0.315 e. The number of rotatable bonds is 6. The van der Waals surface area contributed by atoms with Crippen LogP contribution in [0.25, 0.3) is 0 Å². The molecule has 0 rings (SSSR count). The van der Waals surface area contributed by atoms with E-state index in [-0.39, 0.29) is 23.9 Å². The van der Waals surface area contributed by atoms with Gasteiger partial charge in [-0.25, -0.2) is 4.79 Å². The van der Waals surface area contributed by atoms with Crippen LogP contribution in [0.5, 0.6) is 0 Å². The fraction of sp³-hybridized carbons (Fsp3) is 0.818.